The molecule has 0 heterocycles. The Hall–Kier alpha value is -0.110. The molecule has 1 aliphatic rings. The minimum Gasteiger partial charge on any atom is -0.377 e. The van der Waals surface area contributed by atoms with Gasteiger partial charge in [0.15, 0.2) is 0 Å². The van der Waals surface area contributed by atoms with Gasteiger partial charge in [0.25, 0.3) is 0 Å². The molecule has 82 valence electrons. The van der Waals surface area contributed by atoms with Crippen molar-refractivity contribution < 1.29 is 0 Å². The molecule has 1 N–H and O–H groups in total. The van der Waals surface area contributed by atoms with E-state index < -0.39 is 0 Å². The Kier molecular flexibility index (Phi) is 3.94. The summed E-state index contributed by atoms with van der Waals surface area (Å²) in [6.07, 6.45) is 5.23. The molecule has 1 aliphatic carbocycles. The lowest BCUT2D eigenvalue weighted by molar-refractivity contribution is 0.210. The van der Waals surface area contributed by atoms with Crippen molar-refractivity contribution in [2.45, 2.75) is 59.4 Å². The Bertz CT molecular complexity index is 210. The fourth-order valence-electron chi connectivity index (χ4n) is 2.33. The van der Waals surface area contributed by atoms with E-state index >= 15 is 0 Å². The fourth-order valence-corrected chi connectivity index (χ4v) is 2.50. The summed E-state index contributed by atoms with van der Waals surface area (Å²) in [5, 5.41) is 3.42. The van der Waals surface area contributed by atoms with Crippen LogP contribution in [-0.2, 0) is 0 Å². The smallest absolute Gasteiger partial charge is 0.0724 e. The molecule has 0 bridgehead atoms. The van der Waals surface area contributed by atoms with E-state index in [9.17, 15) is 0 Å². The normalized spacial score (nSPS) is 32.0. The van der Waals surface area contributed by atoms with Crippen LogP contribution in [0.3, 0.4) is 0 Å². The van der Waals surface area contributed by atoms with Crippen LogP contribution in [0.2, 0.25) is 0 Å². The van der Waals surface area contributed by atoms with Crippen LogP contribution in [0.1, 0.15) is 53.4 Å². The van der Waals surface area contributed by atoms with Gasteiger partial charge < -0.3 is 5.32 Å². The van der Waals surface area contributed by atoms with Crippen LogP contribution in [0.25, 0.3) is 0 Å². The summed E-state index contributed by atoms with van der Waals surface area (Å²) in [6.45, 7) is 9.14. The highest BCUT2D eigenvalue weighted by molar-refractivity contribution is 7.80. The molecule has 2 unspecified atom stereocenters. The van der Waals surface area contributed by atoms with Gasteiger partial charge in [0, 0.05) is 6.04 Å². The molecule has 0 aromatic rings. The molecule has 14 heavy (non-hydrogen) atoms. The number of thiocarbonyl (C=S) groups is 1. The molecule has 2 heteroatoms. The van der Waals surface area contributed by atoms with Crippen LogP contribution in [0.5, 0.6) is 0 Å². The van der Waals surface area contributed by atoms with Gasteiger partial charge in [-0.15, -0.1) is 0 Å². The van der Waals surface area contributed by atoms with Crippen molar-refractivity contribution in [3.8, 4) is 0 Å². The molecule has 1 saturated carbocycles. The molecule has 0 amide bonds. The van der Waals surface area contributed by atoms with Gasteiger partial charge in [-0.25, -0.2) is 0 Å². The zero-order valence-electron chi connectivity index (χ0n) is 9.89. The minimum atomic E-state index is 0.506. The molecule has 2 atom stereocenters. The highest BCUT2D eigenvalue weighted by Gasteiger charge is 2.30. The molecule has 1 fully saturated rings. The molecule has 0 saturated heterocycles. The largest absolute Gasteiger partial charge is 0.377 e. The monoisotopic (exact) mass is 213 g/mol. The van der Waals surface area contributed by atoms with Gasteiger partial charge in [-0.2, -0.15) is 0 Å². The molecular weight excluding hydrogens is 190 g/mol. The summed E-state index contributed by atoms with van der Waals surface area (Å²) in [5.41, 5.74) is 0.506. The molecular formula is C12H23NS. The van der Waals surface area contributed by atoms with Crippen LogP contribution in [0.15, 0.2) is 0 Å². The maximum absolute atomic E-state index is 5.11. The Morgan fingerprint density at radius 1 is 1.43 bits per heavy atom. The van der Waals surface area contributed by atoms with Gasteiger partial charge in [-0.05, 0) is 37.5 Å². The highest BCUT2D eigenvalue weighted by Crippen LogP contribution is 2.38. The SMILES string of the molecule is CC(=S)NC1CCCC(C)(C)C(C)C1. The van der Waals surface area contributed by atoms with Gasteiger partial charge in [0.1, 0.15) is 0 Å². The zero-order chi connectivity index (χ0) is 10.8. The molecule has 1 rings (SSSR count). The summed E-state index contributed by atoms with van der Waals surface area (Å²) < 4.78 is 0. The van der Waals surface area contributed by atoms with Crippen molar-refractivity contribution in [2.24, 2.45) is 11.3 Å². The first-order valence-electron chi connectivity index (χ1n) is 5.69. The van der Waals surface area contributed by atoms with E-state index in [0.29, 0.717) is 11.5 Å². The van der Waals surface area contributed by atoms with Crippen LogP contribution < -0.4 is 5.32 Å². The average Bonchev–Trinajstić information content (AvgIpc) is 2.11. The molecule has 0 aromatic carbocycles. The van der Waals surface area contributed by atoms with Gasteiger partial charge >= 0.3 is 0 Å². The number of nitrogens with one attached hydrogen (secondary N) is 1. The van der Waals surface area contributed by atoms with Gasteiger partial charge in [0.05, 0.1) is 4.99 Å². The third kappa shape index (κ3) is 3.23. The fraction of sp³-hybridized carbons (Fsp3) is 0.917. The molecule has 0 spiro atoms. The van der Waals surface area contributed by atoms with Crippen molar-refractivity contribution in [1.29, 1.82) is 0 Å². The predicted molar refractivity (Wildman–Crippen MR) is 66.6 cm³/mol. The summed E-state index contributed by atoms with van der Waals surface area (Å²) in [4.78, 5) is 0.946. The van der Waals surface area contributed by atoms with Gasteiger partial charge in [-0.3, -0.25) is 0 Å². The Labute approximate surface area is 93.7 Å². The molecule has 0 aromatic heterocycles. The van der Waals surface area contributed by atoms with Crippen molar-refractivity contribution in [3.63, 3.8) is 0 Å². The maximum Gasteiger partial charge on any atom is 0.0724 e. The Morgan fingerprint density at radius 2 is 2.07 bits per heavy atom. The van der Waals surface area contributed by atoms with E-state index in [1.807, 2.05) is 6.92 Å². The number of rotatable bonds is 1. The van der Waals surface area contributed by atoms with E-state index in [4.69, 9.17) is 12.2 Å². The number of hydrogen-bond donors (Lipinski definition) is 1. The topological polar surface area (TPSA) is 12.0 Å². The summed E-state index contributed by atoms with van der Waals surface area (Å²) in [7, 11) is 0. The third-order valence-electron chi connectivity index (χ3n) is 3.75. The molecule has 1 nitrogen and oxygen atoms in total. The van der Waals surface area contributed by atoms with Crippen molar-refractivity contribution in [3.05, 3.63) is 0 Å². The van der Waals surface area contributed by atoms with E-state index in [1.54, 1.807) is 0 Å². The van der Waals surface area contributed by atoms with Crippen molar-refractivity contribution in [2.75, 3.05) is 0 Å². The van der Waals surface area contributed by atoms with E-state index in [2.05, 4.69) is 26.1 Å². The summed E-state index contributed by atoms with van der Waals surface area (Å²) in [5.74, 6) is 0.789. The molecule has 0 aliphatic heterocycles. The van der Waals surface area contributed by atoms with Crippen LogP contribution >= 0.6 is 12.2 Å². The Balaban J connectivity index is 2.55. The zero-order valence-corrected chi connectivity index (χ0v) is 10.7. The van der Waals surface area contributed by atoms with Gasteiger partial charge in [-0.1, -0.05) is 39.4 Å². The van der Waals surface area contributed by atoms with Crippen molar-refractivity contribution in [1.82, 2.24) is 5.32 Å². The first kappa shape index (κ1) is 12.0. The molecule has 0 radical (unpaired) electrons. The maximum atomic E-state index is 5.11. The van der Waals surface area contributed by atoms with Crippen LogP contribution in [0.4, 0.5) is 0 Å². The average molecular weight is 213 g/mol. The summed E-state index contributed by atoms with van der Waals surface area (Å²) in [6, 6.07) is 0.615. The first-order valence-corrected chi connectivity index (χ1v) is 6.10. The Morgan fingerprint density at radius 3 is 2.64 bits per heavy atom. The standard InChI is InChI=1S/C12H23NS/c1-9-8-11(13-10(2)14)6-5-7-12(9,3)4/h9,11H,5-8H2,1-4H3,(H,13,14). The van der Waals surface area contributed by atoms with Crippen molar-refractivity contribution >= 4 is 17.2 Å². The second-order valence-corrected chi connectivity index (χ2v) is 6.03. The first-order chi connectivity index (χ1) is 6.42. The quantitative estimate of drug-likeness (QED) is 0.528. The third-order valence-corrected chi connectivity index (χ3v) is 3.87. The van der Waals surface area contributed by atoms with E-state index in [0.717, 1.165) is 10.9 Å². The predicted octanol–water partition coefficient (Wildman–Crippen LogP) is 3.53. The van der Waals surface area contributed by atoms with E-state index in [1.165, 1.54) is 25.7 Å². The second kappa shape index (κ2) is 4.61. The van der Waals surface area contributed by atoms with Gasteiger partial charge in [0.2, 0.25) is 0 Å². The minimum absolute atomic E-state index is 0.506. The lowest BCUT2D eigenvalue weighted by atomic mass is 9.76. The second-order valence-electron chi connectivity index (χ2n) is 5.42. The van der Waals surface area contributed by atoms with Crippen LogP contribution in [-0.4, -0.2) is 11.0 Å². The number of hydrogen-bond acceptors (Lipinski definition) is 1. The lowest BCUT2D eigenvalue weighted by Gasteiger charge is -2.30. The summed E-state index contributed by atoms with van der Waals surface area (Å²) >= 11 is 5.11. The van der Waals surface area contributed by atoms with Crippen LogP contribution in [0, 0.1) is 11.3 Å². The lowest BCUT2D eigenvalue weighted by Crippen LogP contribution is -2.34. The highest BCUT2D eigenvalue weighted by atomic mass is 32.1. The van der Waals surface area contributed by atoms with E-state index in [-0.39, 0.29) is 0 Å².